The first-order valence-electron chi connectivity index (χ1n) is 19.2. The number of anilines is 2. The molecule has 0 spiro atoms. The number of benzene rings is 4. The van der Waals surface area contributed by atoms with Crippen LogP contribution < -0.4 is 10.6 Å². The summed E-state index contributed by atoms with van der Waals surface area (Å²) in [5, 5.41) is 6.70. The number of Topliss-reactive ketones (excluding diaryl/α,β-unsaturated/α-hetero) is 1. The first-order valence-corrected chi connectivity index (χ1v) is 22.1. The van der Waals surface area contributed by atoms with Gasteiger partial charge in [-0.25, -0.2) is 25.4 Å². The van der Waals surface area contributed by atoms with Crippen molar-refractivity contribution in [2.45, 2.75) is 44.9 Å². The van der Waals surface area contributed by atoms with Crippen LogP contribution in [0.4, 0.5) is 11.4 Å². The van der Waals surface area contributed by atoms with Crippen molar-refractivity contribution in [3.63, 3.8) is 0 Å². The third-order valence-electron chi connectivity index (χ3n) is 10.5. The van der Waals surface area contributed by atoms with Gasteiger partial charge >= 0.3 is 0 Å². The highest BCUT2D eigenvalue weighted by Crippen LogP contribution is 2.38. The van der Waals surface area contributed by atoms with Crippen LogP contribution in [-0.2, 0) is 34.4 Å². The summed E-state index contributed by atoms with van der Waals surface area (Å²) >= 11 is 0. The van der Waals surface area contributed by atoms with Crippen LogP contribution in [0.2, 0.25) is 0 Å². The van der Waals surface area contributed by atoms with E-state index >= 15 is 0 Å². The van der Waals surface area contributed by atoms with E-state index < -0.39 is 31.9 Å². The standard InChI is InChI=1S/C24H28N2O4S.C20H16N2O5S/c1-30-17-16-26-24(27)22(23(31(26,28)29)20-10-6-3-7-11-20)25-21-14-12-19(13-15-21)18-8-4-2-5-9-18;1-12(23)17-11-14-10-15(8-9-16(14)27-17)21-18-19(13-6-4-3-5-7-13)28(25,26)22(2)20(18)24/h3,6-7,10-15,18,25H,2,4-5,8-9,16-17H2,1H3;3-11,21H,1-2H3. The van der Waals surface area contributed by atoms with Crippen molar-refractivity contribution in [3.05, 3.63) is 143 Å². The Kier molecular flexibility index (Phi) is 11.9. The second-order valence-corrected chi connectivity index (χ2v) is 18.1. The van der Waals surface area contributed by atoms with Crippen molar-refractivity contribution >= 4 is 69.8 Å². The number of hydrogen-bond donors (Lipinski definition) is 2. The van der Waals surface area contributed by atoms with E-state index in [-0.39, 0.29) is 45.9 Å². The number of sulfonamides is 2. The largest absolute Gasteiger partial charge is 0.453 e. The van der Waals surface area contributed by atoms with Crippen LogP contribution >= 0.6 is 0 Å². The zero-order chi connectivity index (χ0) is 41.9. The van der Waals surface area contributed by atoms with Crippen molar-refractivity contribution in [2.75, 3.05) is 37.9 Å². The average Bonchev–Trinajstić information content (AvgIpc) is 3.81. The average molecular weight is 837 g/mol. The van der Waals surface area contributed by atoms with E-state index in [0.717, 1.165) is 8.61 Å². The van der Waals surface area contributed by atoms with Crippen molar-refractivity contribution in [2.24, 2.45) is 0 Å². The van der Waals surface area contributed by atoms with Gasteiger partial charge in [0, 0.05) is 37.8 Å². The number of carbonyl (C=O) groups is 3. The molecule has 1 saturated carbocycles. The van der Waals surface area contributed by atoms with Gasteiger partial charge in [0.25, 0.3) is 31.9 Å². The van der Waals surface area contributed by atoms with Crippen molar-refractivity contribution in [1.82, 2.24) is 8.61 Å². The Balaban J connectivity index is 0.000000180. The van der Waals surface area contributed by atoms with E-state index in [9.17, 15) is 31.2 Å². The van der Waals surface area contributed by atoms with Gasteiger partial charge in [0.1, 0.15) is 26.8 Å². The van der Waals surface area contributed by atoms with Gasteiger partial charge in [0.05, 0.1) is 13.2 Å². The van der Waals surface area contributed by atoms with Gasteiger partial charge in [-0.1, -0.05) is 92.1 Å². The lowest BCUT2D eigenvalue weighted by molar-refractivity contribution is -0.122. The van der Waals surface area contributed by atoms with Crippen molar-refractivity contribution in [3.8, 4) is 0 Å². The molecular weight excluding hydrogens is 793 g/mol. The molecule has 1 fully saturated rings. The van der Waals surface area contributed by atoms with Crippen molar-refractivity contribution < 1.29 is 40.4 Å². The van der Waals surface area contributed by atoms with E-state index in [4.69, 9.17) is 9.15 Å². The maximum atomic E-state index is 13.2. The number of fused-ring (bicyclic) bond motifs is 1. The van der Waals surface area contributed by atoms with Crippen LogP contribution in [0.1, 0.15) is 72.2 Å². The van der Waals surface area contributed by atoms with E-state index in [1.807, 2.05) is 18.2 Å². The third-order valence-corrected chi connectivity index (χ3v) is 14.2. The topological polar surface area (TPSA) is 172 Å². The van der Waals surface area contributed by atoms with Gasteiger partial charge in [0.15, 0.2) is 11.5 Å². The molecule has 0 atom stereocenters. The molecule has 2 amide bonds. The number of furan rings is 1. The minimum atomic E-state index is -3.98. The second-order valence-electron chi connectivity index (χ2n) is 14.4. The Hall–Kier alpha value is -6.03. The Morgan fingerprint density at radius 2 is 1.29 bits per heavy atom. The first kappa shape index (κ1) is 41.1. The summed E-state index contributed by atoms with van der Waals surface area (Å²) in [4.78, 5) is 37.2. The molecule has 1 aliphatic carbocycles. The molecule has 13 nitrogen and oxygen atoms in total. The van der Waals surface area contributed by atoms with E-state index in [1.165, 1.54) is 58.7 Å². The summed E-state index contributed by atoms with van der Waals surface area (Å²) in [6.45, 7) is 1.52. The molecule has 5 aromatic rings. The molecule has 4 aromatic carbocycles. The summed E-state index contributed by atoms with van der Waals surface area (Å²) in [7, 11) is -5.22. The fraction of sp³-hybridized carbons (Fsp3) is 0.250. The molecule has 306 valence electrons. The predicted molar refractivity (Wildman–Crippen MR) is 227 cm³/mol. The van der Waals surface area contributed by atoms with E-state index in [2.05, 4.69) is 22.8 Å². The van der Waals surface area contributed by atoms with Crippen LogP contribution in [-0.4, -0.2) is 70.4 Å². The number of carbonyl (C=O) groups excluding carboxylic acids is 3. The number of ether oxygens (including phenoxy) is 1. The molecule has 1 aromatic heterocycles. The zero-order valence-corrected chi connectivity index (χ0v) is 34.4. The highest BCUT2D eigenvalue weighted by atomic mass is 32.2. The molecule has 8 rings (SSSR count). The normalized spacial score (nSPS) is 17.7. The minimum Gasteiger partial charge on any atom is -0.453 e. The number of ketones is 1. The number of amides is 2. The Morgan fingerprint density at radius 3 is 1.88 bits per heavy atom. The molecule has 0 bridgehead atoms. The second kappa shape index (κ2) is 17.1. The molecular formula is C44H44N4O9S2. The third kappa shape index (κ3) is 8.31. The molecule has 2 aliphatic heterocycles. The van der Waals surface area contributed by atoms with Crippen LogP contribution in [0.25, 0.3) is 20.8 Å². The summed E-state index contributed by atoms with van der Waals surface area (Å²) in [6.07, 6.45) is 6.26. The number of methoxy groups -OCH3 is 1. The SMILES string of the molecule is CC(=O)c1cc2cc(NC3=C(c4ccccc4)S(=O)(=O)N(C)C3=O)ccc2o1.COCCN1C(=O)C(Nc2ccc(C3CCCCC3)cc2)=C(c2ccccc2)S1(=O)=O. The molecule has 0 saturated heterocycles. The Labute approximate surface area is 343 Å². The highest BCUT2D eigenvalue weighted by molar-refractivity contribution is 8.00. The molecule has 59 heavy (non-hydrogen) atoms. The van der Waals surface area contributed by atoms with Gasteiger partial charge in [-0.15, -0.1) is 0 Å². The van der Waals surface area contributed by atoms with Gasteiger partial charge in [-0.2, -0.15) is 0 Å². The number of hydrogen-bond acceptors (Lipinski definition) is 11. The molecule has 3 aliphatic rings. The Morgan fingerprint density at radius 1 is 0.729 bits per heavy atom. The van der Waals surface area contributed by atoms with Crippen LogP contribution in [0, 0.1) is 0 Å². The highest BCUT2D eigenvalue weighted by Gasteiger charge is 2.45. The maximum Gasteiger partial charge on any atom is 0.285 e. The van der Waals surface area contributed by atoms with Gasteiger partial charge in [-0.3, -0.25) is 14.4 Å². The molecule has 3 heterocycles. The van der Waals surface area contributed by atoms with Crippen LogP contribution in [0.3, 0.4) is 0 Å². The smallest absolute Gasteiger partial charge is 0.285 e. The lowest BCUT2D eigenvalue weighted by Crippen LogP contribution is -2.35. The Bertz CT molecular complexity index is 2690. The number of nitrogens with one attached hydrogen (secondary N) is 2. The van der Waals surface area contributed by atoms with Crippen LogP contribution in [0.5, 0.6) is 0 Å². The van der Waals surface area contributed by atoms with Crippen molar-refractivity contribution in [1.29, 1.82) is 0 Å². The van der Waals surface area contributed by atoms with Gasteiger partial charge < -0.3 is 19.8 Å². The fourth-order valence-corrected chi connectivity index (χ4v) is 10.5. The number of likely N-dealkylation sites (N-methyl/N-ethyl adjacent to an activating group) is 1. The van der Waals surface area contributed by atoms with E-state index in [1.54, 1.807) is 78.9 Å². The first-order chi connectivity index (χ1) is 28.3. The summed E-state index contributed by atoms with van der Waals surface area (Å²) < 4.78 is 64.0. The molecule has 0 radical (unpaired) electrons. The molecule has 2 N–H and O–H groups in total. The van der Waals surface area contributed by atoms with E-state index in [0.29, 0.717) is 39.4 Å². The quantitative estimate of drug-likeness (QED) is 0.126. The lowest BCUT2D eigenvalue weighted by Gasteiger charge is -2.22. The number of nitrogens with zero attached hydrogens (tertiary/aromatic N) is 2. The molecule has 0 unspecified atom stereocenters. The zero-order valence-electron chi connectivity index (χ0n) is 32.8. The summed E-state index contributed by atoms with van der Waals surface area (Å²) in [6, 6.07) is 31.8. The van der Waals surface area contributed by atoms with Gasteiger partial charge in [0.2, 0.25) is 0 Å². The summed E-state index contributed by atoms with van der Waals surface area (Å²) in [5.41, 5.74) is 3.98. The molecule has 15 heteroatoms. The predicted octanol–water partition coefficient (Wildman–Crippen LogP) is 7.55. The number of rotatable bonds is 11. The van der Waals surface area contributed by atoms with Crippen LogP contribution in [0.15, 0.2) is 125 Å². The minimum absolute atomic E-state index is 0.00515. The maximum absolute atomic E-state index is 13.2. The monoisotopic (exact) mass is 836 g/mol. The summed E-state index contributed by atoms with van der Waals surface area (Å²) in [5.74, 6) is -0.586. The van der Waals surface area contributed by atoms with Gasteiger partial charge in [-0.05, 0) is 71.8 Å². The fourth-order valence-electron chi connectivity index (χ4n) is 7.44. The lowest BCUT2D eigenvalue weighted by atomic mass is 9.84.